The summed E-state index contributed by atoms with van der Waals surface area (Å²) in [5.41, 5.74) is 0. The molecule has 2 aliphatic heterocycles. The average Bonchev–Trinajstić information content (AvgIpc) is 2.67. The molecule has 13 heavy (non-hydrogen) atoms. The lowest BCUT2D eigenvalue weighted by atomic mass is 10.3. The molecule has 0 unspecified atom stereocenters. The van der Waals surface area contributed by atoms with Crippen LogP contribution in [0.15, 0.2) is 0 Å². The Labute approximate surface area is 74.5 Å². The third-order valence-electron chi connectivity index (χ3n) is 1.90. The van der Waals surface area contributed by atoms with Crippen LogP contribution < -0.4 is 5.32 Å². The summed E-state index contributed by atoms with van der Waals surface area (Å²) in [6, 6.07) is 0.699. The van der Waals surface area contributed by atoms with E-state index in [0.717, 1.165) is 13.2 Å². The van der Waals surface area contributed by atoms with Crippen molar-refractivity contribution in [3.8, 4) is 0 Å². The van der Waals surface area contributed by atoms with Crippen molar-refractivity contribution in [3.05, 3.63) is 0 Å². The van der Waals surface area contributed by atoms with Crippen LogP contribution in [-0.2, 0) is 14.3 Å². The molecule has 74 valence electrons. The van der Waals surface area contributed by atoms with Gasteiger partial charge in [-0.2, -0.15) is 0 Å². The lowest BCUT2D eigenvalue weighted by molar-refractivity contribution is -0.159. The van der Waals surface area contributed by atoms with Gasteiger partial charge >= 0.3 is 11.9 Å². The summed E-state index contributed by atoms with van der Waals surface area (Å²) >= 11 is 0. The van der Waals surface area contributed by atoms with E-state index in [2.05, 4.69) is 5.32 Å². The van der Waals surface area contributed by atoms with Gasteiger partial charge in [0.15, 0.2) is 0 Å². The van der Waals surface area contributed by atoms with Crippen LogP contribution in [0.25, 0.3) is 0 Å². The fourth-order valence-corrected chi connectivity index (χ4v) is 1.29. The molecule has 0 spiro atoms. The van der Waals surface area contributed by atoms with E-state index in [9.17, 15) is 0 Å². The molecule has 2 aliphatic rings. The smallest absolute Gasteiger partial charge is 0.414 e. The number of carboxylic acid groups (broad SMARTS) is 2. The van der Waals surface area contributed by atoms with E-state index < -0.39 is 11.9 Å². The average molecular weight is 189 g/mol. The lowest BCUT2D eigenvalue weighted by Gasteiger charge is -2.09. The van der Waals surface area contributed by atoms with Crippen LogP contribution in [0.5, 0.6) is 0 Å². The summed E-state index contributed by atoms with van der Waals surface area (Å²) < 4.78 is 5.29. The maximum Gasteiger partial charge on any atom is 0.414 e. The molecule has 2 heterocycles. The number of carboxylic acids is 2. The molecule has 2 atom stereocenters. The normalized spacial score (nSPS) is 29.2. The first-order valence-electron chi connectivity index (χ1n) is 3.91. The Balaban J connectivity index is 0.000000133. The molecule has 6 nitrogen and oxygen atoms in total. The molecule has 0 aromatic heterocycles. The first-order chi connectivity index (χ1) is 6.09. The summed E-state index contributed by atoms with van der Waals surface area (Å²) in [5, 5.41) is 18.1. The molecule has 2 saturated heterocycles. The number of carbonyl (C=O) groups is 2. The topological polar surface area (TPSA) is 95.9 Å². The standard InChI is InChI=1S/C5H9NO.C2H2O4/c1-4-3-7-5(1)2-6-4;3-1(4)2(5)6/h4-6H,1-3H2;(H,3,4)(H,5,6)/t4-,5-;/m0./s1. The minimum Gasteiger partial charge on any atom is -0.473 e. The number of aliphatic carboxylic acids is 2. The zero-order valence-corrected chi connectivity index (χ0v) is 6.90. The Bertz CT molecular complexity index is 187. The highest BCUT2D eigenvalue weighted by Gasteiger charge is 2.31. The molecule has 2 rings (SSSR count). The number of fused-ring (bicyclic) bond motifs is 2. The van der Waals surface area contributed by atoms with Gasteiger partial charge in [-0.15, -0.1) is 0 Å². The van der Waals surface area contributed by atoms with Gasteiger partial charge in [-0.25, -0.2) is 9.59 Å². The molecule has 0 aliphatic carbocycles. The molecule has 6 heteroatoms. The summed E-state index contributed by atoms with van der Waals surface area (Å²) in [4.78, 5) is 18.2. The quantitative estimate of drug-likeness (QED) is 0.419. The monoisotopic (exact) mass is 189 g/mol. The second-order valence-corrected chi connectivity index (χ2v) is 2.91. The number of morpholine rings is 1. The maximum atomic E-state index is 9.10. The van der Waals surface area contributed by atoms with Crippen molar-refractivity contribution in [3.63, 3.8) is 0 Å². The van der Waals surface area contributed by atoms with Crippen LogP contribution in [-0.4, -0.2) is 47.4 Å². The molecule has 0 amide bonds. The van der Waals surface area contributed by atoms with Crippen LogP contribution in [0.1, 0.15) is 6.42 Å². The van der Waals surface area contributed by atoms with Crippen LogP contribution >= 0.6 is 0 Å². The zero-order valence-electron chi connectivity index (χ0n) is 6.90. The van der Waals surface area contributed by atoms with Crippen molar-refractivity contribution < 1.29 is 24.5 Å². The van der Waals surface area contributed by atoms with Crippen LogP contribution in [0.4, 0.5) is 0 Å². The minimum atomic E-state index is -1.82. The Kier molecular flexibility index (Phi) is 3.21. The van der Waals surface area contributed by atoms with Gasteiger partial charge in [-0.3, -0.25) is 0 Å². The van der Waals surface area contributed by atoms with Crippen molar-refractivity contribution in [1.82, 2.24) is 5.32 Å². The first kappa shape index (κ1) is 9.94. The predicted octanol–water partition coefficient (Wildman–Crippen LogP) is -1.10. The first-order valence-corrected chi connectivity index (χ1v) is 3.91. The van der Waals surface area contributed by atoms with Gasteiger partial charge in [-0.05, 0) is 6.42 Å². The third-order valence-corrected chi connectivity index (χ3v) is 1.90. The van der Waals surface area contributed by atoms with Gasteiger partial charge < -0.3 is 20.3 Å². The van der Waals surface area contributed by atoms with E-state index >= 15 is 0 Å². The van der Waals surface area contributed by atoms with Crippen molar-refractivity contribution >= 4 is 11.9 Å². The van der Waals surface area contributed by atoms with Gasteiger partial charge in [0.05, 0.1) is 12.7 Å². The second-order valence-electron chi connectivity index (χ2n) is 2.91. The molecule has 0 aromatic carbocycles. The van der Waals surface area contributed by atoms with Gasteiger partial charge in [0.1, 0.15) is 0 Å². The molecule has 0 aromatic rings. The van der Waals surface area contributed by atoms with Crippen LogP contribution in [0.2, 0.25) is 0 Å². The fraction of sp³-hybridized carbons (Fsp3) is 0.714. The van der Waals surface area contributed by atoms with E-state index in [1.165, 1.54) is 6.42 Å². The van der Waals surface area contributed by atoms with E-state index in [-0.39, 0.29) is 0 Å². The SMILES string of the molecule is C1O[C@@H]2CN[C@H]1C2.O=C(O)C(=O)O. The molecule has 0 radical (unpaired) electrons. The van der Waals surface area contributed by atoms with Crippen molar-refractivity contribution in [2.24, 2.45) is 0 Å². The summed E-state index contributed by atoms with van der Waals surface area (Å²) in [7, 11) is 0. The Hall–Kier alpha value is -1.14. The molecular formula is C7H11NO5. The number of rotatable bonds is 0. The number of hydrogen-bond acceptors (Lipinski definition) is 4. The molecule has 3 N–H and O–H groups in total. The highest BCUT2D eigenvalue weighted by molar-refractivity contribution is 6.27. The highest BCUT2D eigenvalue weighted by atomic mass is 16.5. The third kappa shape index (κ3) is 3.00. The Morgan fingerprint density at radius 3 is 2.00 bits per heavy atom. The van der Waals surface area contributed by atoms with Crippen molar-refractivity contribution in [1.29, 1.82) is 0 Å². The van der Waals surface area contributed by atoms with Gasteiger partial charge in [0.2, 0.25) is 0 Å². The van der Waals surface area contributed by atoms with Crippen LogP contribution in [0.3, 0.4) is 0 Å². The van der Waals surface area contributed by atoms with Crippen molar-refractivity contribution in [2.75, 3.05) is 13.2 Å². The number of hydrogen-bond donors (Lipinski definition) is 3. The summed E-state index contributed by atoms with van der Waals surface area (Å²) in [6.45, 7) is 2.04. The maximum absolute atomic E-state index is 9.10. The Morgan fingerprint density at radius 1 is 1.31 bits per heavy atom. The van der Waals surface area contributed by atoms with Crippen LogP contribution in [0, 0.1) is 0 Å². The summed E-state index contributed by atoms with van der Waals surface area (Å²) in [5.74, 6) is -3.65. The van der Waals surface area contributed by atoms with E-state index in [4.69, 9.17) is 24.5 Å². The zero-order chi connectivity index (χ0) is 9.84. The number of nitrogens with one attached hydrogen (secondary N) is 1. The van der Waals surface area contributed by atoms with E-state index in [0.29, 0.717) is 12.1 Å². The summed E-state index contributed by atoms with van der Waals surface area (Å²) in [6.07, 6.45) is 1.81. The van der Waals surface area contributed by atoms with Gasteiger partial charge in [0.25, 0.3) is 0 Å². The Morgan fingerprint density at radius 2 is 1.92 bits per heavy atom. The second kappa shape index (κ2) is 4.20. The molecule has 2 fully saturated rings. The van der Waals surface area contributed by atoms with Gasteiger partial charge in [0, 0.05) is 12.6 Å². The lowest BCUT2D eigenvalue weighted by Crippen LogP contribution is -2.30. The van der Waals surface area contributed by atoms with E-state index in [1.807, 2.05) is 0 Å². The largest absolute Gasteiger partial charge is 0.473 e. The van der Waals surface area contributed by atoms with Crippen molar-refractivity contribution in [2.45, 2.75) is 18.6 Å². The van der Waals surface area contributed by atoms with Gasteiger partial charge in [-0.1, -0.05) is 0 Å². The molecule has 2 bridgehead atoms. The number of ether oxygens (including phenoxy) is 1. The fourth-order valence-electron chi connectivity index (χ4n) is 1.29. The van der Waals surface area contributed by atoms with E-state index in [1.54, 1.807) is 0 Å². The molecule has 0 saturated carbocycles. The minimum absolute atomic E-state index is 0.560. The molecular weight excluding hydrogens is 178 g/mol. The predicted molar refractivity (Wildman–Crippen MR) is 41.4 cm³/mol. The highest BCUT2D eigenvalue weighted by Crippen LogP contribution is 2.17.